The van der Waals surface area contributed by atoms with Crippen molar-refractivity contribution in [3.63, 3.8) is 0 Å². The Balaban J connectivity index is 1.32. The molecule has 0 saturated carbocycles. The number of hydrogen-bond donors (Lipinski definition) is 1. The Morgan fingerprint density at radius 1 is 1.07 bits per heavy atom. The van der Waals surface area contributed by atoms with E-state index < -0.39 is 12.1 Å². The van der Waals surface area contributed by atoms with Gasteiger partial charge >= 0.3 is 5.97 Å². The van der Waals surface area contributed by atoms with E-state index in [0.717, 1.165) is 4.88 Å². The Kier molecular flexibility index (Phi) is 5.59. The van der Waals surface area contributed by atoms with Gasteiger partial charge in [0, 0.05) is 17.7 Å². The highest BCUT2D eigenvalue weighted by Gasteiger charge is 2.31. The van der Waals surface area contributed by atoms with Gasteiger partial charge in [0.15, 0.2) is 0 Å². The first-order chi connectivity index (χ1) is 14.1. The summed E-state index contributed by atoms with van der Waals surface area (Å²) in [5.41, 5.74) is 1.82. The lowest BCUT2D eigenvalue weighted by Gasteiger charge is -2.09. The highest BCUT2D eigenvalue weighted by molar-refractivity contribution is 7.18. The summed E-state index contributed by atoms with van der Waals surface area (Å²) in [7, 11) is 0. The van der Waals surface area contributed by atoms with Crippen LogP contribution in [0, 0.1) is 0 Å². The van der Waals surface area contributed by atoms with Crippen molar-refractivity contribution in [2.24, 2.45) is 5.16 Å². The van der Waals surface area contributed by atoms with E-state index in [0.29, 0.717) is 33.5 Å². The molecule has 29 heavy (non-hydrogen) atoms. The van der Waals surface area contributed by atoms with Crippen LogP contribution >= 0.6 is 22.9 Å². The number of nitrogens with zero attached hydrogens (tertiary/aromatic N) is 1. The molecule has 0 saturated heterocycles. The summed E-state index contributed by atoms with van der Waals surface area (Å²) in [5.74, 6) is -0.399. The van der Waals surface area contributed by atoms with Gasteiger partial charge in [-0.3, -0.25) is 4.79 Å². The topological polar surface area (TPSA) is 77.0 Å². The van der Waals surface area contributed by atoms with Gasteiger partial charge in [0.2, 0.25) is 6.10 Å². The molecule has 6 nitrogen and oxygen atoms in total. The van der Waals surface area contributed by atoms with Crippen molar-refractivity contribution in [2.75, 3.05) is 5.32 Å². The van der Waals surface area contributed by atoms with E-state index in [-0.39, 0.29) is 5.91 Å². The number of oxime groups is 1. The van der Waals surface area contributed by atoms with Gasteiger partial charge in [0.05, 0.1) is 9.21 Å². The molecule has 8 heteroatoms. The van der Waals surface area contributed by atoms with Crippen molar-refractivity contribution in [2.45, 2.75) is 12.5 Å². The van der Waals surface area contributed by atoms with Crippen LogP contribution in [0.15, 0.2) is 71.9 Å². The quantitative estimate of drug-likeness (QED) is 0.471. The third kappa shape index (κ3) is 4.64. The van der Waals surface area contributed by atoms with Crippen molar-refractivity contribution in [3.05, 3.63) is 81.5 Å². The fraction of sp³-hybridized carbons (Fsp3) is 0.0952. The molecule has 1 N–H and O–H groups in total. The molecule has 2 heterocycles. The van der Waals surface area contributed by atoms with E-state index in [1.807, 2.05) is 12.1 Å². The summed E-state index contributed by atoms with van der Waals surface area (Å²) >= 11 is 7.30. The number of amides is 1. The van der Waals surface area contributed by atoms with E-state index in [1.165, 1.54) is 11.3 Å². The van der Waals surface area contributed by atoms with E-state index >= 15 is 0 Å². The van der Waals surface area contributed by atoms with Crippen LogP contribution in [0.4, 0.5) is 5.69 Å². The highest BCUT2D eigenvalue weighted by Crippen LogP contribution is 2.27. The van der Waals surface area contributed by atoms with E-state index in [1.54, 1.807) is 54.6 Å². The van der Waals surface area contributed by atoms with Crippen LogP contribution < -0.4 is 10.1 Å². The second-order valence-electron chi connectivity index (χ2n) is 6.21. The SMILES string of the molecule is O=C(Nc1ccc(OC(=O)C2CC(c3ccc(Cl)s3)=NO2)cc1)c1ccccc1. The minimum absolute atomic E-state index is 0.215. The predicted octanol–water partition coefficient (Wildman–Crippen LogP) is 4.75. The Bertz CT molecular complexity index is 1060. The summed E-state index contributed by atoms with van der Waals surface area (Å²) < 4.78 is 6.01. The molecule has 1 aliphatic heterocycles. The Morgan fingerprint density at radius 3 is 2.52 bits per heavy atom. The van der Waals surface area contributed by atoms with Gasteiger partial charge in [0.25, 0.3) is 5.91 Å². The summed E-state index contributed by atoms with van der Waals surface area (Å²) in [6, 6.07) is 19.0. The second-order valence-corrected chi connectivity index (χ2v) is 7.92. The summed E-state index contributed by atoms with van der Waals surface area (Å²) in [6.45, 7) is 0. The third-order valence-electron chi connectivity index (χ3n) is 4.16. The molecule has 0 fully saturated rings. The van der Waals surface area contributed by atoms with Gasteiger partial charge in [0.1, 0.15) is 11.5 Å². The average Bonchev–Trinajstić information content (AvgIpc) is 3.39. The van der Waals surface area contributed by atoms with E-state index in [9.17, 15) is 9.59 Å². The average molecular weight is 427 g/mol. The number of hydrogen-bond acceptors (Lipinski definition) is 6. The van der Waals surface area contributed by atoms with Crippen LogP contribution in [-0.4, -0.2) is 23.7 Å². The standard InChI is InChI=1S/C21H15ClN2O4S/c22-19-11-10-18(29-19)16-12-17(28-24-16)21(26)27-15-8-6-14(7-9-15)23-20(25)13-4-2-1-3-5-13/h1-11,17H,12H2,(H,23,25). The molecule has 4 rings (SSSR count). The Hall–Kier alpha value is -3.16. The van der Waals surface area contributed by atoms with Gasteiger partial charge in [-0.2, -0.15) is 0 Å². The maximum atomic E-state index is 12.3. The molecular formula is C21H15ClN2O4S. The largest absolute Gasteiger partial charge is 0.424 e. The number of carbonyl (C=O) groups excluding carboxylic acids is 2. The normalized spacial score (nSPS) is 15.3. The lowest BCUT2D eigenvalue weighted by Crippen LogP contribution is -2.26. The number of thiophene rings is 1. The summed E-state index contributed by atoms with van der Waals surface area (Å²) in [6.07, 6.45) is -0.482. The van der Waals surface area contributed by atoms with Gasteiger partial charge in [-0.1, -0.05) is 35.0 Å². The van der Waals surface area contributed by atoms with Crippen molar-refractivity contribution >= 4 is 46.2 Å². The van der Waals surface area contributed by atoms with Crippen LogP contribution in [0.25, 0.3) is 0 Å². The molecule has 0 bridgehead atoms. The van der Waals surface area contributed by atoms with Crippen molar-refractivity contribution in [3.8, 4) is 5.75 Å². The molecule has 1 aromatic heterocycles. The number of nitrogens with one attached hydrogen (secondary N) is 1. The number of benzene rings is 2. The lowest BCUT2D eigenvalue weighted by molar-refractivity contribution is -0.145. The van der Waals surface area contributed by atoms with E-state index in [4.69, 9.17) is 21.2 Å². The Morgan fingerprint density at radius 2 is 1.83 bits per heavy atom. The first-order valence-electron chi connectivity index (χ1n) is 8.75. The summed E-state index contributed by atoms with van der Waals surface area (Å²) in [4.78, 5) is 30.6. The van der Waals surface area contributed by atoms with Crippen molar-refractivity contribution in [1.82, 2.24) is 0 Å². The first-order valence-corrected chi connectivity index (χ1v) is 9.94. The third-order valence-corrected chi connectivity index (χ3v) is 5.44. The maximum absolute atomic E-state index is 12.3. The number of rotatable bonds is 5. The number of halogens is 1. The minimum atomic E-state index is -0.802. The van der Waals surface area contributed by atoms with Crippen molar-refractivity contribution < 1.29 is 19.2 Å². The molecular weight excluding hydrogens is 412 g/mol. The zero-order valence-electron chi connectivity index (χ0n) is 15.0. The first kappa shape index (κ1) is 19.2. The molecule has 146 valence electrons. The number of esters is 1. The molecule has 1 aliphatic rings. The van der Waals surface area contributed by atoms with E-state index in [2.05, 4.69) is 10.5 Å². The van der Waals surface area contributed by atoms with Crippen LogP contribution in [0.3, 0.4) is 0 Å². The summed E-state index contributed by atoms with van der Waals surface area (Å²) in [5, 5.41) is 6.75. The Labute approximate surface area is 175 Å². The fourth-order valence-electron chi connectivity index (χ4n) is 2.70. The van der Waals surface area contributed by atoms with Crippen molar-refractivity contribution in [1.29, 1.82) is 0 Å². The molecule has 0 radical (unpaired) electrons. The smallest absolute Gasteiger partial charge is 0.356 e. The zero-order valence-corrected chi connectivity index (χ0v) is 16.6. The molecule has 1 unspecified atom stereocenters. The fourth-order valence-corrected chi connectivity index (χ4v) is 3.73. The molecule has 0 spiro atoms. The monoisotopic (exact) mass is 426 g/mol. The molecule has 3 aromatic rings. The highest BCUT2D eigenvalue weighted by atomic mass is 35.5. The zero-order chi connectivity index (χ0) is 20.2. The number of carbonyl (C=O) groups is 2. The number of anilines is 1. The van der Waals surface area contributed by atoms with Crippen LogP contribution in [0.1, 0.15) is 21.7 Å². The molecule has 0 aliphatic carbocycles. The maximum Gasteiger partial charge on any atom is 0.356 e. The van der Waals surface area contributed by atoms with Gasteiger partial charge in [-0.25, -0.2) is 4.79 Å². The van der Waals surface area contributed by atoms with Crippen LogP contribution in [0.5, 0.6) is 5.75 Å². The number of ether oxygens (including phenoxy) is 1. The minimum Gasteiger partial charge on any atom is -0.424 e. The van der Waals surface area contributed by atoms with Crippen LogP contribution in [0.2, 0.25) is 4.34 Å². The van der Waals surface area contributed by atoms with Gasteiger partial charge in [-0.05, 0) is 48.5 Å². The lowest BCUT2D eigenvalue weighted by atomic mass is 10.1. The molecule has 1 atom stereocenters. The van der Waals surface area contributed by atoms with Gasteiger partial charge < -0.3 is 14.9 Å². The van der Waals surface area contributed by atoms with Gasteiger partial charge in [-0.15, -0.1) is 11.3 Å². The molecule has 2 aromatic carbocycles. The predicted molar refractivity (Wildman–Crippen MR) is 112 cm³/mol. The van der Waals surface area contributed by atoms with Crippen LogP contribution in [-0.2, 0) is 9.63 Å². The molecule has 1 amide bonds. The second kappa shape index (κ2) is 8.46.